The first-order valence-corrected chi connectivity index (χ1v) is 3.78. The summed E-state index contributed by atoms with van der Waals surface area (Å²) in [6, 6.07) is 0. The molecular formula is C4H3Cl2NS. The molecule has 0 radical (unpaired) electrons. The van der Waals surface area contributed by atoms with Gasteiger partial charge in [-0.3, -0.25) is 0 Å². The highest BCUT2D eigenvalue weighted by Gasteiger charge is 1.94. The van der Waals surface area contributed by atoms with Gasteiger partial charge in [-0.15, -0.1) is 22.9 Å². The lowest BCUT2D eigenvalue weighted by Gasteiger charge is -1.76. The van der Waals surface area contributed by atoms with Crippen molar-refractivity contribution < 1.29 is 0 Å². The Morgan fingerprint density at radius 2 is 2.50 bits per heavy atom. The molecule has 0 saturated carbocycles. The molecule has 1 nitrogen and oxygen atoms in total. The number of halogens is 2. The minimum Gasteiger partial charge on any atom is -0.228 e. The fraction of sp³-hybridized carbons (Fsp3) is 0.250. The number of aromatic nitrogens is 1. The van der Waals surface area contributed by atoms with Gasteiger partial charge in [0.05, 0.1) is 5.88 Å². The van der Waals surface area contributed by atoms with Crippen molar-refractivity contribution in [2.45, 2.75) is 5.88 Å². The van der Waals surface area contributed by atoms with E-state index in [4.69, 9.17) is 23.2 Å². The smallest absolute Gasteiger partial charge is 0.140 e. The Labute approximate surface area is 61.3 Å². The number of thiazole rings is 1. The molecule has 0 atom stereocenters. The van der Waals surface area contributed by atoms with Crippen molar-refractivity contribution in [2.75, 3.05) is 0 Å². The Kier molecular flexibility index (Phi) is 2.11. The molecule has 8 heavy (non-hydrogen) atoms. The third-order valence-electron chi connectivity index (χ3n) is 0.638. The predicted molar refractivity (Wildman–Crippen MR) is 36.7 cm³/mol. The molecule has 0 N–H and O–H groups in total. The first kappa shape index (κ1) is 6.33. The van der Waals surface area contributed by atoms with Gasteiger partial charge in [-0.2, -0.15) is 0 Å². The Hall–Kier alpha value is 0.210. The molecule has 0 saturated heterocycles. The molecule has 0 unspecified atom stereocenters. The lowest BCUT2D eigenvalue weighted by molar-refractivity contribution is 1.26. The predicted octanol–water partition coefficient (Wildman–Crippen LogP) is 2.54. The first-order valence-electron chi connectivity index (χ1n) is 1.99. The lowest BCUT2D eigenvalue weighted by Crippen LogP contribution is -1.69. The second-order valence-electron chi connectivity index (χ2n) is 1.20. The molecule has 0 amide bonds. The maximum Gasteiger partial charge on any atom is 0.140 e. The van der Waals surface area contributed by atoms with Crippen LogP contribution in [0.2, 0.25) is 5.15 Å². The minimum absolute atomic E-state index is 0.456. The highest BCUT2D eigenvalue weighted by molar-refractivity contribution is 7.10. The van der Waals surface area contributed by atoms with Crippen molar-refractivity contribution in [3.8, 4) is 0 Å². The third kappa shape index (κ3) is 1.34. The second kappa shape index (κ2) is 2.67. The molecule has 1 aromatic heterocycles. The van der Waals surface area contributed by atoms with Crippen LogP contribution in [0.25, 0.3) is 0 Å². The van der Waals surface area contributed by atoms with Gasteiger partial charge in [0.25, 0.3) is 0 Å². The summed E-state index contributed by atoms with van der Waals surface area (Å²) < 4.78 is 0. The minimum atomic E-state index is 0.456. The van der Waals surface area contributed by atoms with Gasteiger partial charge in [-0.1, -0.05) is 11.6 Å². The molecule has 0 fully saturated rings. The Balaban J connectivity index is 2.84. The summed E-state index contributed by atoms with van der Waals surface area (Å²) in [5, 5.41) is 3.17. The molecule has 1 heterocycles. The van der Waals surface area contributed by atoms with E-state index in [1.165, 1.54) is 11.3 Å². The van der Waals surface area contributed by atoms with Gasteiger partial charge in [-0.25, -0.2) is 4.98 Å². The summed E-state index contributed by atoms with van der Waals surface area (Å²) in [5.74, 6) is 0.456. The van der Waals surface area contributed by atoms with E-state index < -0.39 is 0 Å². The number of hydrogen-bond acceptors (Lipinski definition) is 2. The van der Waals surface area contributed by atoms with E-state index in [9.17, 15) is 0 Å². The van der Waals surface area contributed by atoms with Crippen molar-refractivity contribution in [3.05, 3.63) is 15.5 Å². The maximum atomic E-state index is 5.48. The number of rotatable bonds is 1. The van der Waals surface area contributed by atoms with Crippen LogP contribution in [-0.4, -0.2) is 4.98 Å². The number of nitrogens with zero attached hydrogens (tertiary/aromatic N) is 1. The quantitative estimate of drug-likeness (QED) is 0.587. The summed E-state index contributed by atoms with van der Waals surface area (Å²) >= 11 is 12.4. The van der Waals surface area contributed by atoms with Crippen molar-refractivity contribution >= 4 is 34.5 Å². The normalized spacial score (nSPS) is 9.75. The van der Waals surface area contributed by atoms with E-state index in [-0.39, 0.29) is 0 Å². The van der Waals surface area contributed by atoms with Gasteiger partial charge < -0.3 is 0 Å². The first-order chi connectivity index (χ1) is 3.83. The van der Waals surface area contributed by atoms with Crippen molar-refractivity contribution in [2.24, 2.45) is 0 Å². The second-order valence-corrected chi connectivity index (χ2v) is 2.79. The van der Waals surface area contributed by atoms with Crippen LogP contribution in [0.4, 0.5) is 0 Å². The molecule has 0 aliphatic rings. The van der Waals surface area contributed by atoms with Crippen LogP contribution in [0, 0.1) is 0 Å². The van der Waals surface area contributed by atoms with E-state index in [0.717, 1.165) is 5.01 Å². The van der Waals surface area contributed by atoms with Crippen LogP contribution in [0.5, 0.6) is 0 Å². The van der Waals surface area contributed by atoms with Gasteiger partial charge in [0.15, 0.2) is 0 Å². The van der Waals surface area contributed by atoms with Crippen molar-refractivity contribution in [1.29, 1.82) is 0 Å². The van der Waals surface area contributed by atoms with E-state index in [2.05, 4.69) is 4.98 Å². The fourth-order valence-corrected chi connectivity index (χ4v) is 1.38. The maximum absolute atomic E-state index is 5.48. The molecule has 1 aromatic rings. The van der Waals surface area contributed by atoms with E-state index in [1.54, 1.807) is 5.38 Å². The molecular weight excluding hydrogens is 165 g/mol. The highest BCUT2D eigenvalue weighted by Crippen LogP contribution is 2.14. The van der Waals surface area contributed by atoms with Gasteiger partial charge in [0, 0.05) is 5.38 Å². The lowest BCUT2D eigenvalue weighted by atomic mass is 10.8. The zero-order valence-corrected chi connectivity index (χ0v) is 6.22. The van der Waals surface area contributed by atoms with E-state index in [0.29, 0.717) is 11.0 Å². The van der Waals surface area contributed by atoms with Gasteiger partial charge in [0.1, 0.15) is 10.2 Å². The Morgan fingerprint density at radius 3 is 2.75 bits per heavy atom. The standard InChI is InChI=1S/C4H3Cl2NS/c5-1-4-7-3(6)2-8-4/h2H,1H2. The zero-order valence-electron chi connectivity index (χ0n) is 3.90. The molecule has 0 aromatic carbocycles. The number of alkyl halides is 1. The van der Waals surface area contributed by atoms with Crippen LogP contribution >= 0.6 is 34.5 Å². The van der Waals surface area contributed by atoms with Crippen molar-refractivity contribution in [1.82, 2.24) is 4.98 Å². The molecule has 0 aliphatic carbocycles. The molecule has 4 heteroatoms. The average molecular weight is 168 g/mol. The zero-order chi connectivity index (χ0) is 5.98. The SMILES string of the molecule is ClCc1nc(Cl)cs1. The highest BCUT2D eigenvalue weighted by atomic mass is 35.5. The topological polar surface area (TPSA) is 12.9 Å². The average Bonchev–Trinajstić information content (AvgIpc) is 2.14. The monoisotopic (exact) mass is 167 g/mol. The van der Waals surface area contributed by atoms with Crippen LogP contribution < -0.4 is 0 Å². The molecule has 1 rings (SSSR count). The summed E-state index contributed by atoms with van der Waals surface area (Å²) in [5.41, 5.74) is 0. The fourth-order valence-electron chi connectivity index (χ4n) is 0.350. The molecule has 44 valence electrons. The van der Waals surface area contributed by atoms with Crippen LogP contribution in [0.1, 0.15) is 5.01 Å². The Bertz CT molecular complexity index is 174. The molecule has 0 spiro atoms. The number of hydrogen-bond donors (Lipinski definition) is 0. The summed E-state index contributed by atoms with van der Waals surface area (Å²) in [6.45, 7) is 0. The summed E-state index contributed by atoms with van der Waals surface area (Å²) in [4.78, 5) is 3.88. The molecule has 0 bridgehead atoms. The van der Waals surface area contributed by atoms with Gasteiger partial charge in [0.2, 0.25) is 0 Å². The Morgan fingerprint density at radius 1 is 1.75 bits per heavy atom. The van der Waals surface area contributed by atoms with Gasteiger partial charge in [-0.05, 0) is 0 Å². The van der Waals surface area contributed by atoms with E-state index >= 15 is 0 Å². The van der Waals surface area contributed by atoms with Crippen LogP contribution in [0.15, 0.2) is 5.38 Å². The van der Waals surface area contributed by atoms with Crippen LogP contribution in [-0.2, 0) is 5.88 Å². The summed E-state index contributed by atoms with van der Waals surface area (Å²) in [7, 11) is 0. The van der Waals surface area contributed by atoms with E-state index in [1.807, 2.05) is 0 Å². The largest absolute Gasteiger partial charge is 0.228 e. The van der Waals surface area contributed by atoms with Gasteiger partial charge >= 0.3 is 0 Å². The summed E-state index contributed by atoms with van der Waals surface area (Å²) in [6.07, 6.45) is 0. The van der Waals surface area contributed by atoms with Crippen LogP contribution in [0.3, 0.4) is 0 Å². The van der Waals surface area contributed by atoms with Crippen molar-refractivity contribution in [3.63, 3.8) is 0 Å². The molecule has 0 aliphatic heterocycles. The third-order valence-corrected chi connectivity index (χ3v) is 2.22.